The largest absolute Gasteiger partial charge is 0.383 e. The summed E-state index contributed by atoms with van der Waals surface area (Å²) >= 11 is 1.38. The van der Waals surface area contributed by atoms with Crippen molar-refractivity contribution in [2.45, 2.75) is 53.0 Å². The SMILES string of the molecule is CCCCN(C(=O)[C@@H]1CCCN(C(=O)c2cccs2)C1)c1c(N)n(CC(C)C)c(=O)[nH]c1=O. The number of piperidine rings is 1. The molecule has 3 N–H and O–H groups in total. The Balaban J connectivity index is 1.93. The van der Waals surface area contributed by atoms with Gasteiger partial charge in [-0.1, -0.05) is 33.3 Å². The van der Waals surface area contributed by atoms with E-state index in [2.05, 4.69) is 4.98 Å². The molecule has 2 amide bonds. The van der Waals surface area contributed by atoms with Gasteiger partial charge in [0.15, 0.2) is 5.69 Å². The van der Waals surface area contributed by atoms with Crippen LogP contribution in [0.5, 0.6) is 0 Å². The van der Waals surface area contributed by atoms with E-state index in [0.717, 1.165) is 6.42 Å². The summed E-state index contributed by atoms with van der Waals surface area (Å²) in [7, 11) is 0. The van der Waals surface area contributed by atoms with Gasteiger partial charge in [0, 0.05) is 26.2 Å². The number of carbonyl (C=O) groups excluding carboxylic acids is 2. The average Bonchev–Trinajstić information content (AvgIpc) is 3.32. The lowest BCUT2D eigenvalue weighted by Gasteiger charge is -2.35. The van der Waals surface area contributed by atoms with Crippen LogP contribution >= 0.6 is 11.3 Å². The van der Waals surface area contributed by atoms with E-state index in [-0.39, 0.29) is 29.2 Å². The van der Waals surface area contributed by atoms with Crippen molar-refractivity contribution >= 4 is 34.7 Å². The van der Waals surface area contributed by atoms with Crippen molar-refractivity contribution in [2.75, 3.05) is 30.3 Å². The number of likely N-dealkylation sites (tertiary alicyclic amines) is 1. The van der Waals surface area contributed by atoms with Crippen LogP contribution in [-0.2, 0) is 11.3 Å². The molecule has 180 valence electrons. The van der Waals surface area contributed by atoms with Gasteiger partial charge in [0.2, 0.25) is 5.91 Å². The van der Waals surface area contributed by atoms with Gasteiger partial charge in [-0.25, -0.2) is 4.79 Å². The number of amides is 2. The van der Waals surface area contributed by atoms with Crippen molar-refractivity contribution in [3.63, 3.8) is 0 Å². The van der Waals surface area contributed by atoms with Crippen molar-refractivity contribution in [3.8, 4) is 0 Å². The van der Waals surface area contributed by atoms with Gasteiger partial charge in [-0.3, -0.25) is 23.9 Å². The number of thiophene rings is 1. The van der Waals surface area contributed by atoms with Crippen LogP contribution in [0.1, 0.15) is 56.1 Å². The average molecular weight is 476 g/mol. The molecule has 3 rings (SSSR count). The topological polar surface area (TPSA) is 121 Å². The van der Waals surface area contributed by atoms with Crippen molar-refractivity contribution in [3.05, 3.63) is 43.2 Å². The molecule has 2 aromatic heterocycles. The van der Waals surface area contributed by atoms with Crippen molar-refractivity contribution < 1.29 is 9.59 Å². The third kappa shape index (κ3) is 5.55. The van der Waals surface area contributed by atoms with Crippen molar-refractivity contribution in [1.29, 1.82) is 0 Å². The third-order valence-electron chi connectivity index (χ3n) is 5.82. The number of anilines is 2. The van der Waals surface area contributed by atoms with E-state index in [4.69, 9.17) is 5.73 Å². The lowest BCUT2D eigenvalue weighted by atomic mass is 9.96. The zero-order chi connectivity index (χ0) is 24.1. The number of nitrogens with zero attached hydrogens (tertiary/aromatic N) is 3. The zero-order valence-electron chi connectivity index (χ0n) is 19.5. The van der Waals surface area contributed by atoms with Gasteiger partial charge in [-0.15, -0.1) is 11.3 Å². The number of H-pyrrole nitrogens is 1. The Morgan fingerprint density at radius 3 is 2.73 bits per heavy atom. The molecular formula is C23H33N5O4S. The molecule has 1 saturated heterocycles. The number of hydrogen-bond donors (Lipinski definition) is 2. The minimum Gasteiger partial charge on any atom is -0.383 e. The first-order valence-corrected chi connectivity index (χ1v) is 12.4. The van der Waals surface area contributed by atoms with E-state index in [9.17, 15) is 19.2 Å². The second-order valence-corrected chi connectivity index (χ2v) is 9.86. The fourth-order valence-corrected chi connectivity index (χ4v) is 4.86. The Kier molecular flexibility index (Phi) is 8.12. The predicted molar refractivity (Wildman–Crippen MR) is 131 cm³/mol. The highest BCUT2D eigenvalue weighted by molar-refractivity contribution is 7.12. The van der Waals surface area contributed by atoms with Crippen molar-refractivity contribution in [2.24, 2.45) is 11.8 Å². The number of aromatic nitrogens is 2. The number of unbranched alkanes of at least 4 members (excludes halogenated alkanes) is 1. The molecule has 0 aliphatic carbocycles. The first-order chi connectivity index (χ1) is 15.7. The molecule has 3 heterocycles. The maximum Gasteiger partial charge on any atom is 0.330 e. The van der Waals surface area contributed by atoms with Gasteiger partial charge < -0.3 is 15.5 Å². The van der Waals surface area contributed by atoms with E-state index < -0.39 is 17.2 Å². The van der Waals surface area contributed by atoms with Gasteiger partial charge in [0.1, 0.15) is 5.82 Å². The summed E-state index contributed by atoms with van der Waals surface area (Å²) in [5, 5.41) is 1.85. The van der Waals surface area contributed by atoms with Gasteiger partial charge in [-0.2, -0.15) is 0 Å². The Morgan fingerprint density at radius 2 is 2.09 bits per heavy atom. The second-order valence-electron chi connectivity index (χ2n) is 8.91. The number of aromatic amines is 1. The molecule has 10 heteroatoms. The maximum atomic E-state index is 13.7. The van der Waals surface area contributed by atoms with E-state index in [1.807, 2.05) is 32.2 Å². The number of nitrogen functional groups attached to an aromatic ring is 1. The van der Waals surface area contributed by atoms with Crippen molar-refractivity contribution in [1.82, 2.24) is 14.5 Å². The number of nitrogens with one attached hydrogen (secondary N) is 1. The number of nitrogens with two attached hydrogens (primary N) is 1. The highest BCUT2D eigenvalue weighted by atomic mass is 32.1. The lowest BCUT2D eigenvalue weighted by molar-refractivity contribution is -0.123. The van der Waals surface area contributed by atoms with E-state index in [1.54, 1.807) is 11.0 Å². The fourth-order valence-electron chi connectivity index (χ4n) is 4.17. The monoisotopic (exact) mass is 475 g/mol. The minimum absolute atomic E-state index is 0.00392. The van der Waals surface area contributed by atoms with Crippen LogP contribution in [0, 0.1) is 11.8 Å². The van der Waals surface area contributed by atoms with Crippen LogP contribution in [0.2, 0.25) is 0 Å². The molecule has 0 aromatic carbocycles. The van der Waals surface area contributed by atoms with Crippen LogP contribution in [0.3, 0.4) is 0 Å². The minimum atomic E-state index is -0.663. The van der Waals surface area contributed by atoms with Gasteiger partial charge in [0.25, 0.3) is 11.5 Å². The summed E-state index contributed by atoms with van der Waals surface area (Å²) in [5.41, 5.74) is 5.08. The Bertz CT molecular complexity index is 1090. The summed E-state index contributed by atoms with van der Waals surface area (Å²) < 4.78 is 1.32. The zero-order valence-corrected chi connectivity index (χ0v) is 20.3. The number of carbonyl (C=O) groups is 2. The molecule has 0 spiro atoms. The molecule has 0 radical (unpaired) electrons. The number of hydrogen-bond acceptors (Lipinski definition) is 6. The summed E-state index contributed by atoms with van der Waals surface area (Å²) in [6.07, 6.45) is 2.83. The molecule has 0 saturated carbocycles. The second kappa shape index (κ2) is 10.8. The molecular weight excluding hydrogens is 442 g/mol. The van der Waals surface area contributed by atoms with E-state index in [0.29, 0.717) is 50.3 Å². The molecule has 0 unspecified atom stereocenters. The Hall–Kier alpha value is -2.88. The van der Waals surface area contributed by atoms with Crippen LogP contribution in [-0.4, -0.2) is 45.9 Å². The normalized spacial score (nSPS) is 16.2. The fraction of sp³-hybridized carbons (Fsp3) is 0.565. The molecule has 1 aliphatic rings. The van der Waals surface area contributed by atoms with Crippen LogP contribution in [0.4, 0.5) is 11.5 Å². The van der Waals surface area contributed by atoms with E-state index >= 15 is 0 Å². The first-order valence-electron chi connectivity index (χ1n) is 11.5. The quantitative estimate of drug-likeness (QED) is 0.608. The molecule has 9 nitrogen and oxygen atoms in total. The first kappa shape index (κ1) is 24.8. The molecule has 1 aliphatic heterocycles. The molecule has 0 bridgehead atoms. The molecule has 1 fully saturated rings. The molecule has 2 aromatic rings. The lowest BCUT2D eigenvalue weighted by Crippen LogP contribution is -2.49. The maximum absolute atomic E-state index is 13.7. The highest BCUT2D eigenvalue weighted by Crippen LogP contribution is 2.26. The summed E-state index contributed by atoms with van der Waals surface area (Å²) in [6.45, 7) is 7.42. The van der Waals surface area contributed by atoms with Gasteiger partial charge >= 0.3 is 5.69 Å². The molecule has 33 heavy (non-hydrogen) atoms. The summed E-state index contributed by atoms with van der Waals surface area (Å²) in [6, 6.07) is 3.61. The predicted octanol–water partition coefficient (Wildman–Crippen LogP) is 2.52. The smallest absolute Gasteiger partial charge is 0.330 e. The molecule has 1 atom stereocenters. The summed E-state index contributed by atoms with van der Waals surface area (Å²) in [5.74, 6) is -0.628. The summed E-state index contributed by atoms with van der Waals surface area (Å²) in [4.78, 5) is 57.8. The van der Waals surface area contributed by atoms with Crippen LogP contribution < -0.4 is 21.9 Å². The third-order valence-corrected chi connectivity index (χ3v) is 6.68. The van der Waals surface area contributed by atoms with Crippen LogP contribution in [0.25, 0.3) is 0 Å². The van der Waals surface area contributed by atoms with E-state index in [1.165, 1.54) is 20.8 Å². The number of rotatable bonds is 8. The Labute approximate surface area is 197 Å². The Morgan fingerprint density at radius 1 is 1.33 bits per heavy atom. The standard InChI is InChI=1S/C23H33N5O4S/c1-4-5-11-27(18-19(24)28(13-15(2)3)23(32)25-20(18)29)21(30)16-8-6-10-26(14-16)22(31)17-9-7-12-33-17/h7,9,12,15-16H,4-6,8,10-11,13-14,24H2,1-3H3,(H,25,29,32)/t16-/m1/s1. The van der Waals surface area contributed by atoms with Crippen LogP contribution in [0.15, 0.2) is 27.1 Å². The highest BCUT2D eigenvalue weighted by Gasteiger charge is 2.34. The van der Waals surface area contributed by atoms with Gasteiger partial charge in [-0.05, 0) is 36.6 Å². The van der Waals surface area contributed by atoms with Gasteiger partial charge in [0.05, 0.1) is 10.8 Å².